The number of ether oxygens (including phenoxy) is 2. The Kier molecular flexibility index (Phi) is 7.04. The molecule has 0 fully saturated rings. The van der Waals surface area contributed by atoms with Gasteiger partial charge in [0.1, 0.15) is 17.2 Å². The molecule has 0 radical (unpaired) electrons. The molecule has 0 atom stereocenters. The molecule has 4 aromatic carbocycles. The lowest BCUT2D eigenvalue weighted by Gasteiger charge is -2.15. The largest absolute Gasteiger partial charge is 0.439 e. The number of fused-ring (bicyclic) bond motifs is 1. The number of nitrogens with one attached hydrogen (secondary N) is 1. The highest BCUT2D eigenvalue weighted by Crippen LogP contribution is 2.33. The van der Waals surface area contributed by atoms with Gasteiger partial charge in [0.15, 0.2) is 0 Å². The van der Waals surface area contributed by atoms with Crippen LogP contribution in [0.2, 0.25) is 0 Å². The second-order valence-electron chi connectivity index (χ2n) is 8.78. The van der Waals surface area contributed by atoms with E-state index in [1.807, 2.05) is 24.3 Å². The number of aromatic nitrogens is 1. The molecule has 5 rings (SSSR count). The minimum atomic E-state index is -4.00. The molecule has 0 saturated heterocycles. The molecule has 0 aliphatic rings. The third kappa shape index (κ3) is 5.84. The van der Waals surface area contributed by atoms with E-state index >= 15 is 0 Å². The van der Waals surface area contributed by atoms with Gasteiger partial charge in [0, 0.05) is 6.07 Å². The molecule has 9 N–H and O–H groups in total. The summed E-state index contributed by atoms with van der Waals surface area (Å²) in [5.74, 6) is 1.31. The van der Waals surface area contributed by atoms with Gasteiger partial charge in [-0.3, -0.25) is 27.0 Å². The number of benzene rings is 4. The molecule has 0 spiro atoms. The Bertz CT molecular complexity index is 1840. The van der Waals surface area contributed by atoms with E-state index in [1.165, 1.54) is 18.2 Å². The van der Waals surface area contributed by atoms with Crippen LogP contribution in [0, 0.1) is 0 Å². The molecular weight excluding hydrogens is 528 g/mol. The molecule has 0 saturated carbocycles. The quantitative estimate of drug-likeness (QED) is 0.135. The third-order valence-electron chi connectivity index (χ3n) is 5.92. The summed E-state index contributed by atoms with van der Waals surface area (Å²) in [4.78, 5) is 4.52. The highest BCUT2D eigenvalue weighted by Gasteiger charge is 2.20. The number of hydrogen-bond acceptors (Lipinski definition) is 5. The van der Waals surface area contributed by atoms with Crippen LogP contribution >= 0.6 is 0 Å². The van der Waals surface area contributed by atoms with Gasteiger partial charge in [-0.2, -0.15) is 4.98 Å². The van der Waals surface area contributed by atoms with E-state index < -0.39 is 10.0 Å². The Labute approximate surface area is 230 Å². The van der Waals surface area contributed by atoms with Crippen LogP contribution in [0.4, 0.5) is 5.69 Å². The molecule has 0 amide bonds. The Morgan fingerprint density at radius 2 is 1.27 bits per heavy atom. The van der Waals surface area contributed by atoms with Crippen LogP contribution in [0.1, 0.15) is 11.1 Å². The summed E-state index contributed by atoms with van der Waals surface area (Å²) in [5.41, 5.74) is 12.7. The normalized spacial score (nSPS) is 11.1. The third-order valence-corrected chi connectivity index (χ3v) is 7.29. The molecule has 0 unspecified atom stereocenters. The van der Waals surface area contributed by atoms with Crippen LogP contribution in [0.5, 0.6) is 23.3 Å². The molecule has 40 heavy (non-hydrogen) atoms. The molecule has 1 heterocycles. The first-order chi connectivity index (χ1) is 19.2. The van der Waals surface area contributed by atoms with Gasteiger partial charge < -0.3 is 9.47 Å². The van der Waals surface area contributed by atoms with Crippen molar-refractivity contribution in [3.8, 4) is 23.3 Å². The number of rotatable bonds is 9. The molecule has 11 heteroatoms. The van der Waals surface area contributed by atoms with Crippen molar-refractivity contribution in [2.45, 2.75) is 4.90 Å². The Morgan fingerprint density at radius 1 is 0.700 bits per heavy atom. The second-order valence-corrected chi connectivity index (χ2v) is 10.5. The van der Waals surface area contributed by atoms with Gasteiger partial charge in [-0.1, -0.05) is 30.3 Å². The van der Waals surface area contributed by atoms with Crippen molar-refractivity contribution in [3.63, 3.8) is 0 Å². The molecular formula is C29H26N6O4S+2. The van der Waals surface area contributed by atoms with E-state index in [4.69, 9.17) is 31.8 Å². The molecule has 1 aromatic heterocycles. The van der Waals surface area contributed by atoms with Crippen molar-refractivity contribution in [3.05, 3.63) is 114 Å². The number of pyridine rings is 1. The predicted molar refractivity (Wildman–Crippen MR) is 152 cm³/mol. The maximum absolute atomic E-state index is 13.4. The maximum atomic E-state index is 13.4. The van der Waals surface area contributed by atoms with Crippen molar-refractivity contribution in [1.82, 2.24) is 4.98 Å². The average molecular weight is 555 g/mol. The predicted octanol–water partition coefficient (Wildman–Crippen LogP) is 1.55. The van der Waals surface area contributed by atoms with Gasteiger partial charge in [-0.15, -0.1) is 0 Å². The molecule has 5 aromatic rings. The van der Waals surface area contributed by atoms with Crippen molar-refractivity contribution in [2.75, 3.05) is 4.72 Å². The van der Waals surface area contributed by atoms with Crippen molar-refractivity contribution < 1.29 is 28.7 Å². The smallest absolute Gasteiger partial charge is 0.270 e. The maximum Gasteiger partial charge on any atom is 0.270 e. The second kappa shape index (κ2) is 10.8. The van der Waals surface area contributed by atoms with Crippen LogP contribution in [0.15, 0.2) is 108 Å². The fourth-order valence-electron chi connectivity index (χ4n) is 3.84. The molecule has 200 valence electrons. The van der Waals surface area contributed by atoms with Gasteiger partial charge in [-0.05, 0) is 77.5 Å². The lowest BCUT2D eigenvalue weighted by molar-refractivity contribution is -0.115. The number of hydrogen-bond donors (Lipinski definition) is 5. The van der Waals surface area contributed by atoms with E-state index in [0.29, 0.717) is 22.6 Å². The first-order valence-electron chi connectivity index (χ1n) is 12.0. The summed E-state index contributed by atoms with van der Waals surface area (Å²) in [6.07, 6.45) is 0. The van der Waals surface area contributed by atoms with E-state index in [2.05, 4.69) is 9.71 Å². The van der Waals surface area contributed by atoms with Gasteiger partial charge >= 0.3 is 0 Å². The van der Waals surface area contributed by atoms with Gasteiger partial charge in [-0.25, -0.2) is 8.42 Å². The fraction of sp³-hybridized carbons (Fsp3) is 0. The minimum Gasteiger partial charge on any atom is -0.439 e. The van der Waals surface area contributed by atoms with Crippen molar-refractivity contribution in [2.24, 2.45) is 11.5 Å². The van der Waals surface area contributed by atoms with E-state index in [0.717, 1.165) is 10.8 Å². The zero-order valence-electron chi connectivity index (χ0n) is 21.1. The van der Waals surface area contributed by atoms with E-state index in [9.17, 15) is 8.42 Å². The monoisotopic (exact) mass is 554 g/mol. The average Bonchev–Trinajstić information content (AvgIpc) is 2.94. The highest BCUT2D eigenvalue weighted by molar-refractivity contribution is 7.92. The SMILES string of the molecule is NC(=[NH2+])c1ccc(Oc2ccc(NS(=O)(=O)c3ccc4ccccc4c3)c(Oc3ccc(C(N)=[NH2+])cc3)n2)cc1. The zero-order valence-corrected chi connectivity index (χ0v) is 21.9. The van der Waals surface area contributed by atoms with E-state index in [1.54, 1.807) is 60.7 Å². The Hall–Kier alpha value is -5.42. The number of sulfonamides is 1. The highest BCUT2D eigenvalue weighted by atomic mass is 32.2. The van der Waals surface area contributed by atoms with E-state index in [-0.39, 0.29) is 34.0 Å². The van der Waals surface area contributed by atoms with Crippen molar-refractivity contribution >= 4 is 38.2 Å². The summed E-state index contributed by atoms with van der Waals surface area (Å²) in [5, 5.41) is 13.0. The summed E-state index contributed by atoms with van der Waals surface area (Å²) in [6.45, 7) is 0. The minimum absolute atomic E-state index is 0.0320. The number of nitrogens with zero attached hydrogens (tertiary/aromatic N) is 1. The van der Waals surface area contributed by atoms with Crippen LogP contribution in [-0.4, -0.2) is 25.1 Å². The van der Waals surface area contributed by atoms with Gasteiger partial charge in [0.2, 0.25) is 11.8 Å². The molecule has 0 aliphatic carbocycles. The van der Waals surface area contributed by atoms with Crippen LogP contribution < -0.4 is 36.5 Å². The Balaban J connectivity index is 1.48. The standard InChI is InChI=1S/C29H24N6O4S/c30-27(31)19-5-10-22(11-6-19)38-26-16-15-25(29(34-26)39-23-12-7-20(8-13-23)28(32)33)35-40(36,37)24-14-9-18-3-1-2-4-21(18)17-24/h1-17,35H,(H3,30,31)(H3,32,33)/p+2. The van der Waals surface area contributed by atoms with Gasteiger partial charge in [0.25, 0.3) is 21.7 Å². The molecule has 10 nitrogen and oxygen atoms in total. The van der Waals surface area contributed by atoms with Crippen LogP contribution in [-0.2, 0) is 10.0 Å². The van der Waals surface area contributed by atoms with Crippen LogP contribution in [0.3, 0.4) is 0 Å². The summed E-state index contributed by atoms with van der Waals surface area (Å²) in [7, 11) is -4.00. The zero-order chi connectivity index (χ0) is 28.3. The lowest BCUT2D eigenvalue weighted by Crippen LogP contribution is -2.46. The van der Waals surface area contributed by atoms with Crippen molar-refractivity contribution in [1.29, 1.82) is 0 Å². The number of amidine groups is 2. The number of nitrogens with two attached hydrogens (primary N) is 4. The summed E-state index contributed by atoms with van der Waals surface area (Å²) < 4.78 is 41.1. The fourth-order valence-corrected chi connectivity index (χ4v) is 4.93. The topological polar surface area (TPSA) is 181 Å². The Morgan fingerprint density at radius 3 is 1.88 bits per heavy atom. The summed E-state index contributed by atoms with van der Waals surface area (Å²) in [6, 6.07) is 28.8. The van der Waals surface area contributed by atoms with Crippen LogP contribution in [0.25, 0.3) is 10.8 Å². The summed E-state index contributed by atoms with van der Waals surface area (Å²) >= 11 is 0. The number of anilines is 1. The first kappa shape index (κ1) is 26.2. The lowest BCUT2D eigenvalue weighted by atomic mass is 10.1. The first-order valence-corrected chi connectivity index (χ1v) is 13.5. The molecule has 0 aliphatic heterocycles. The van der Waals surface area contributed by atoms with Gasteiger partial charge in [0.05, 0.1) is 16.0 Å². The molecule has 0 bridgehead atoms.